The van der Waals surface area contributed by atoms with E-state index >= 15 is 0 Å². The monoisotopic (exact) mass is 455 g/mol. The molecule has 3 rings (SSSR count). The van der Waals surface area contributed by atoms with E-state index in [1.807, 2.05) is 0 Å². The minimum absolute atomic E-state index is 0.123. The first-order valence-electron chi connectivity index (χ1n) is 10.1. The summed E-state index contributed by atoms with van der Waals surface area (Å²) in [6, 6.07) is -2.82. The van der Waals surface area contributed by atoms with Crippen LogP contribution in [0.4, 0.5) is 0 Å². The zero-order valence-corrected chi connectivity index (χ0v) is 16.7. The summed E-state index contributed by atoms with van der Waals surface area (Å²) < 4.78 is 22.2. The van der Waals surface area contributed by atoms with E-state index in [9.17, 15) is 35.7 Å². The molecule has 0 aromatic carbocycles. The minimum atomic E-state index is -1.52. The van der Waals surface area contributed by atoms with Gasteiger partial charge in [0.2, 0.25) is 0 Å². The lowest BCUT2D eigenvalue weighted by molar-refractivity contribution is -0.310. The summed E-state index contributed by atoms with van der Waals surface area (Å²) in [4.78, 5) is 0. The first kappa shape index (κ1) is 25.1. The van der Waals surface area contributed by atoms with Crippen molar-refractivity contribution in [3.05, 3.63) is 0 Å². The summed E-state index contributed by atoms with van der Waals surface area (Å²) in [6.07, 6.45) is -14.5. The molecule has 2 aliphatic heterocycles. The second-order valence-corrected chi connectivity index (χ2v) is 8.25. The van der Waals surface area contributed by atoms with E-state index in [1.54, 1.807) is 0 Å². The maximum absolute atomic E-state index is 10.6. The lowest BCUT2D eigenvalue weighted by Crippen LogP contribution is -2.68. The highest BCUT2D eigenvalue weighted by molar-refractivity contribution is 5.01. The molecule has 3 aliphatic rings. The molecule has 31 heavy (non-hydrogen) atoms. The summed E-state index contributed by atoms with van der Waals surface area (Å²) in [5, 5.41) is 69.4. The molecule has 1 saturated carbocycles. The second-order valence-electron chi connectivity index (χ2n) is 8.25. The number of aliphatic hydroxyl groups is 7. The van der Waals surface area contributed by atoms with Crippen LogP contribution in [0.25, 0.3) is 0 Å². The predicted molar refractivity (Wildman–Crippen MR) is 99.8 cm³/mol. The van der Waals surface area contributed by atoms with Gasteiger partial charge in [0.25, 0.3) is 0 Å². The Labute approximate surface area is 178 Å². The average molecular weight is 455 g/mol. The molecule has 0 spiro atoms. The van der Waals surface area contributed by atoms with Crippen molar-refractivity contribution in [1.82, 2.24) is 0 Å². The van der Waals surface area contributed by atoms with Crippen molar-refractivity contribution in [2.75, 3.05) is 13.2 Å². The normalized spacial score (nSPS) is 53.6. The maximum atomic E-state index is 10.6. The second kappa shape index (κ2) is 10.1. The number of hydrogen-bond acceptors (Lipinski definition) is 14. The SMILES string of the molecule is NC1C[C@@H](N)C(O)[C@@H](O[C@@H]2O[C@H](CO)[C@H](O)C2O)C1O[C@H]1OC(CO)[C@@H](O)[C@H](O)C1N. The first-order valence-corrected chi connectivity index (χ1v) is 10.1. The van der Waals surface area contributed by atoms with E-state index in [2.05, 4.69) is 0 Å². The molecule has 2 heterocycles. The van der Waals surface area contributed by atoms with Gasteiger partial charge in [0, 0.05) is 12.1 Å². The molecule has 14 nitrogen and oxygen atoms in total. The summed E-state index contributed by atoms with van der Waals surface area (Å²) in [5.74, 6) is 0. The highest BCUT2D eigenvalue weighted by Gasteiger charge is 2.52. The molecule has 0 radical (unpaired) electrons. The van der Waals surface area contributed by atoms with Gasteiger partial charge < -0.3 is 71.9 Å². The van der Waals surface area contributed by atoms with Crippen molar-refractivity contribution in [3.8, 4) is 0 Å². The number of hydrogen-bond donors (Lipinski definition) is 10. The first-order chi connectivity index (χ1) is 14.6. The van der Waals surface area contributed by atoms with E-state index in [0.29, 0.717) is 0 Å². The van der Waals surface area contributed by atoms with Crippen LogP contribution >= 0.6 is 0 Å². The van der Waals surface area contributed by atoms with Crippen LogP contribution in [-0.4, -0.2) is 135 Å². The largest absolute Gasteiger partial charge is 0.394 e. The lowest BCUT2D eigenvalue weighted by Gasteiger charge is -2.47. The van der Waals surface area contributed by atoms with Gasteiger partial charge in [-0.3, -0.25) is 0 Å². The van der Waals surface area contributed by atoms with Crippen LogP contribution in [-0.2, 0) is 18.9 Å². The van der Waals surface area contributed by atoms with Crippen molar-refractivity contribution < 1.29 is 54.7 Å². The van der Waals surface area contributed by atoms with Crippen molar-refractivity contribution in [1.29, 1.82) is 0 Å². The highest BCUT2D eigenvalue weighted by atomic mass is 16.7. The number of aliphatic hydroxyl groups excluding tert-OH is 7. The van der Waals surface area contributed by atoms with Crippen LogP contribution in [0.3, 0.4) is 0 Å². The average Bonchev–Trinajstić information content (AvgIpc) is 3.02. The zero-order chi connectivity index (χ0) is 23.0. The van der Waals surface area contributed by atoms with Crippen LogP contribution in [0.1, 0.15) is 6.42 Å². The van der Waals surface area contributed by atoms with Gasteiger partial charge >= 0.3 is 0 Å². The van der Waals surface area contributed by atoms with Crippen molar-refractivity contribution in [2.24, 2.45) is 17.2 Å². The molecule has 1 aliphatic carbocycles. The third-order valence-corrected chi connectivity index (χ3v) is 6.07. The Morgan fingerprint density at radius 1 is 0.645 bits per heavy atom. The maximum Gasteiger partial charge on any atom is 0.187 e. The van der Waals surface area contributed by atoms with E-state index in [1.165, 1.54) is 0 Å². The fourth-order valence-electron chi connectivity index (χ4n) is 4.12. The molecule has 182 valence electrons. The Bertz CT molecular complexity index is 590. The van der Waals surface area contributed by atoms with Gasteiger partial charge in [-0.25, -0.2) is 0 Å². The van der Waals surface area contributed by atoms with Crippen LogP contribution in [0.15, 0.2) is 0 Å². The van der Waals surface area contributed by atoms with Crippen LogP contribution < -0.4 is 17.2 Å². The molecule has 6 unspecified atom stereocenters. The highest BCUT2D eigenvalue weighted by Crippen LogP contribution is 2.32. The smallest absolute Gasteiger partial charge is 0.187 e. The standard InChI is InChI=1S/C17H33N3O11/c18-4-1-5(19)14(30-16-8(20)12(26)10(24)6(2-21)28-16)15(9(4)23)31-17-13(27)11(25)7(3-22)29-17/h4-17,21-27H,1-3,18-20H2/t4-,5?,6?,7-,8?,9?,10-,11+,12-,13?,14?,15-,16-,17+/m1/s1. The summed E-state index contributed by atoms with van der Waals surface area (Å²) in [7, 11) is 0. The molecule has 13 N–H and O–H groups in total. The summed E-state index contributed by atoms with van der Waals surface area (Å²) in [5.41, 5.74) is 18.0. The van der Waals surface area contributed by atoms with E-state index < -0.39 is 98.9 Å². The Morgan fingerprint density at radius 3 is 1.74 bits per heavy atom. The fraction of sp³-hybridized carbons (Fsp3) is 1.00. The van der Waals surface area contributed by atoms with E-state index in [-0.39, 0.29) is 6.42 Å². The van der Waals surface area contributed by atoms with Crippen LogP contribution in [0, 0.1) is 0 Å². The predicted octanol–water partition coefficient (Wildman–Crippen LogP) is -6.62. The van der Waals surface area contributed by atoms with Crippen molar-refractivity contribution in [2.45, 2.75) is 92.1 Å². The summed E-state index contributed by atoms with van der Waals surface area (Å²) >= 11 is 0. The molecule has 0 bridgehead atoms. The Balaban J connectivity index is 1.78. The van der Waals surface area contributed by atoms with Crippen LogP contribution in [0.2, 0.25) is 0 Å². The molecule has 0 aromatic rings. The van der Waals surface area contributed by atoms with Gasteiger partial charge in [0.15, 0.2) is 12.6 Å². The molecule has 2 saturated heterocycles. The molecular weight excluding hydrogens is 422 g/mol. The van der Waals surface area contributed by atoms with Gasteiger partial charge in [-0.1, -0.05) is 0 Å². The molecule has 14 heteroatoms. The van der Waals surface area contributed by atoms with Crippen molar-refractivity contribution >= 4 is 0 Å². The van der Waals surface area contributed by atoms with Gasteiger partial charge in [-0.05, 0) is 6.42 Å². The van der Waals surface area contributed by atoms with Gasteiger partial charge in [0.05, 0.1) is 25.4 Å². The quantitative estimate of drug-likeness (QED) is 0.179. The number of ether oxygens (including phenoxy) is 4. The fourth-order valence-corrected chi connectivity index (χ4v) is 4.12. The van der Waals surface area contributed by atoms with E-state index in [4.69, 9.17) is 36.1 Å². The molecule has 3 fully saturated rings. The van der Waals surface area contributed by atoms with E-state index in [0.717, 1.165) is 0 Å². The molecule has 0 amide bonds. The topological polar surface area (TPSA) is 257 Å². The Morgan fingerprint density at radius 2 is 1.16 bits per heavy atom. The lowest BCUT2D eigenvalue weighted by atomic mass is 9.84. The molecule has 0 aromatic heterocycles. The Kier molecular flexibility index (Phi) is 8.21. The third kappa shape index (κ3) is 4.87. The minimum Gasteiger partial charge on any atom is -0.394 e. The third-order valence-electron chi connectivity index (χ3n) is 6.07. The number of nitrogens with two attached hydrogens (primary N) is 3. The molecule has 14 atom stereocenters. The zero-order valence-electron chi connectivity index (χ0n) is 16.7. The van der Waals surface area contributed by atoms with Crippen molar-refractivity contribution in [3.63, 3.8) is 0 Å². The van der Waals surface area contributed by atoms with Gasteiger partial charge in [-0.15, -0.1) is 0 Å². The summed E-state index contributed by atoms with van der Waals surface area (Å²) in [6.45, 7) is -1.19. The number of rotatable bonds is 6. The van der Waals surface area contributed by atoms with Gasteiger partial charge in [0.1, 0.15) is 48.8 Å². The molecular formula is C17H33N3O11. The Hall–Kier alpha value is -0.560. The van der Waals surface area contributed by atoms with Crippen LogP contribution in [0.5, 0.6) is 0 Å². The van der Waals surface area contributed by atoms with Gasteiger partial charge in [-0.2, -0.15) is 0 Å².